The number of hydrogen-bond acceptors (Lipinski definition) is 2. The van der Waals surface area contributed by atoms with Crippen LogP contribution < -0.4 is 10.6 Å². The van der Waals surface area contributed by atoms with Gasteiger partial charge in [0.1, 0.15) is 0 Å². The second kappa shape index (κ2) is 8.28. The Balaban J connectivity index is 1.52. The molecule has 3 aliphatic rings. The number of benzene rings is 2. The first-order valence-corrected chi connectivity index (χ1v) is 11.7. The summed E-state index contributed by atoms with van der Waals surface area (Å²) in [5.74, 6) is 0.586. The van der Waals surface area contributed by atoms with Crippen molar-refractivity contribution in [1.29, 1.82) is 0 Å². The van der Waals surface area contributed by atoms with Crippen molar-refractivity contribution in [1.82, 2.24) is 5.32 Å². The van der Waals surface area contributed by atoms with Crippen molar-refractivity contribution in [3.8, 4) is 0 Å². The number of amides is 1. The molecule has 0 saturated heterocycles. The van der Waals surface area contributed by atoms with Crippen LogP contribution in [0.5, 0.6) is 0 Å². The molecule has 1 fully saturated rings. The zero-order valence-electron chi connectivity index (χ0n) is 16.8. The minimum Gasteiger partial charge on any atom is -0.377 e. The zero-order chi connectivity index (χ0) is 20.7. The van der Waals surface area contributed by atoms with E-state index < -0.39 is 0 Å². The second-order valence-corrected chi connectivity index (χ2v) is 9.50. The number of para-hydroxylation sites is 1. The summed E-state index contributed by atoms with van der Waals surface area (Å²) in [7, 11) is 0. The first-order valence-electron chi connectivity index (χ1n) is 10.9. The number of anilines is 1. The van der Waals surface area contributed by atoms with E-state index in [9.17, 15) is 4.79 Å². The van der Waals surface area contributed by atoms with Crippen molar-refractivity contribution in [2.75, 3.05) is 5.32 Å². The van der Waals surface area contributed by atoms with Crippen LogP contribution in [-0.2, 0) is 0 Å². The highest BCUT2D eigenvalue weighted by atomic mass is 35.5. The molecule has 5 heteroatoms. The third-order valence-electron chi connectivity index (χ3n) is 6.89. The summed E-state index contributed by atoms with van der Waals surface area (Å²) in [6.07, 6.45) is 11.3. The molecular weight excluding hydrogens is 415 g/mol. The molecule has 1 aliphatic heterocycles. The van der Waals surface area contributed by atoms with Gasteiger partial charge >= 0.3 is 0 Å². The van der Waals surface area contributed by atoms with E-state index >= 15 is 0 Å². The molecule has 3 unspecified atom stereocenters. The van der Waals surface area contributed by atoms with Crippen LogP contribution in [0.3, 0.4) is 0 Å². The number of allylic oxidation sites excluding steroid dienone is 2. The number of nitrogens with one attached hydrogen (secondary N) is 2. The Morgan fingerprint density at radius 1 is 1.00 bits per heavy atom. The number of rotatable bonds is 3. The number of carbonyl (C=O) groups excluding carboxylic acids is 1. The zero-order valence-corrected chi connectivity index (χ0v) is 18.3. The van der Waals surface area contributed by atoms with Crippen LogP contribution in [0.4, 0.5) is 5.69 Å². The van der Waals surface area contributed by atoms with Crippen molar-refractivity contribution in [3.05, 3.63) is 75.3 Å². The molecule has 0 bridgehead atoms. The molecular formula is C25H26Cl2N2O. The summed E-state index contributed by atoms with van der Waals surface area (Å²) >= 11 is 13.2. The Morgan fingerprint density at radius 2 is 1.73 bits per heavy atom. The predicted molar refractivity (Wildman–Crippen MR) is 124 cm³/mol. The van der Waals surface area contributed by atoms with E-state index in [-0.39, 0.29) is 23.9 Å². The molecule has 30 heavy (non-hydrogen) atoms. The summed E-state index contributed by atoms with van der Waals surface area (Å²) in [5.41, 5.74) is 3.74. The third-order valence-corrected chi connectivity index (χ3v) is 7.55. The quantitative estimate of drug-likeness (QED) is 0.510. The standard InChI is InChI=1S/C25H26Cl2N2O/c26-20-13-6-14-21(27)22(20)24-18-11-4-9-16(18)17-10-5-12-19(23(17)29-24)25(30)28-15-7-2-1-3-8-15/h4-6,9-10,12-16,18,24,29H,1-3,7-8,11H2,(H,28,30). The summed E-state index contributed by atoms with van der Waals surface area (Å²) in [6.45, 7) is 0. The van der Waals surface area contributed by atoms with Crippen molar-refractivity contribution < 1.29 is 4.79 Å². The van der Waals surface area contributed by atoms with Crippen molar-refractivity contribution in [2.24, 2.45) is 5.92 Å². The van der Waals surface area contributed by atoms with Crippen LogP contribution in [0.1, 0.15) is 72.0 Å². The van der Waals surface area contributed by atoms with Gasteiger partial charge in [0.05, 0.1) is 17.3 Å². The first-order chi connectivity index (χ1) is 14.6. The number of halogens is 2. The molecule has 3 atom stereocenters. The van der Waals surface area contributed by atoms with Crippen LogP contribution in [-0.4, -0.2) is 11.9 Å². The Labute approximate surface area is 187 Å². The monoisotopic (exact) mass is 440 g/mol. The lowest BCUT2D eigenvalue weighted by Gasteiger charge is -2.39. The van der Waals surface area contributed by atoms with Gasteiger partial charge in [-0.2, -0.15) is 0 Å². The Morgan fingerprint density at radius 3 is 2.50 bits per heavy atom. The molecule has 1 heterocycles. The maximum Gasteiger partial charge on any atom is 0.253 e. The fraction of sp³-hybridized carbons (Fsp3) is 0.400. The van der Waals surface area contributed by atoms with Gasteiger partial charge in [0.15, 0.2) is 0 Å². The number of carbonyl (C=O) groups is 1. The molecule has 1 saturated carbocycles. The molecule has 0 aromatic heterocycles. The van der Waals surface area contributed by atoms with Gasteiger partial charge in [-0.25, -0.2) is 0 Å². The molecule has 2 N–H and O–H groups in total. The second-order valence-electron chi connectivity index (χ2n) is 8.69. The lowest BCUT2D eigenvalue weighted by Crippen LogP contribution is -2.37. The normalized spacial score (nSPS) is 25.3. The fourth-order valence-electron chi connectivity index (χ4n) is 5.41. The molecule has 2 aromatic carbocycles. The molecule has 5 rings (SSSR count). The summed E-state index contributed by atoms with van der Waals surface area (Å²) in [5, 5.41) is 8.29. The van der Waals surface area contributed by atoms with Crippen molar-refractivity contribution in [3.63, 3.8) is 0 Å². The van der Waals surface area contributed by atoms with E-state index in [1.54, 1.807) is 0 Å². The summed E-state index contributed by atoms with van der Waals surface area (Å²) in [4.78, 5) is 13.2. The molecule has 1 amide bonds. The topological polar surface area (TPSA) is 41.1 Å². The molecule has 3 nitrogen and oxygen atoms in total. The molecule has 2 aromatic rings. The van der Waals surface area contributed by atoms with E-state index in [2.05, 4.69) is 28.9 Å². The maximum absolute atomic E-state index is 13.2. The number of fused-ring (bicyclic) bond motifs is 3. The molecule has 0 radical (unpaired) electrons. The van der Waals surface area contributed by atoms with Crippen molar-refractivity contribution in [2.45, 2.75) is 56.5 Å². The van der Waals surface area contributed by atoms with Gasteiger partial charge in [-0.1, -0.05) is 72.8 Å². The number of hydrogen-bond donors (Lipinski definition) is 2. The van der Waals surface area contributed by atoms with Crippen LogP contribution in [0, 0.1) is 5.92 Å². The average molecular weight is 441 g/mol. The van der Waals surface area contributed by atoms with Crippen LogP contribution in [0.2, 0.25) is 10.0 Å². The Kier molecular flexibility index (Phi) is 5.51. The fourth-order valence-corrected chi connectivity index (χ4v) is 6.05. The summed E-state index contributed by atoms with van der Waals surface area (Å²) < 4.78 is 0. The molecule has 2 aliphatic carbocycles. The van der Waals surface area contributed by atoms with E-state index in [4.69, 9.17) is 23.2 Å². The largest absolute Gasteiger partial charge is 0.377 e. The van der Waals surface area contributed by atoms with E-state index in [0.717, 1.165) is 30.5 Å². The van der Waals surface area contributed by atoms with Crippen LogP contribution in [0.15, 0.2) is 48.6 Å². The average Bonchev–Trinajstić information content (AvgIpc) is 3.24. The molecule has 156 valence electrons. The highest BCUT2D eigenvalue weighted by molar-refractivity contribution is 6.36. The third kappa shape index (κ3) is 3.52. The highest BCUT2D eigenvalue weighted by Gasteiger charge is 2.40. The smallest absolute Gasteiger partial charge is 0.253 e. The van der Waals surface area contributed by atoms with Crippen LogP contribution >= 0.6 is 23.2 Å². The Hall–Kier alpha value is -1.97. The van der Waals surface area contributed by atoms with E-state index in [1.165, 1.54) is 24.8 Å². The minimum atomic E-state index is -0.0395. The van der Waals surface area contributed by atoms with E-state index in [1.807, 2.05) is 30.3 Å². The first kappa shape index (κ1) is 20.0. The van der Waals surface area contributed by atoms with Crippen LogP contribution in [0.25, 0.3) is 0 Å². The predicted octanol–water partition coefficient (Wildman–Crippen LogP) is 6.88. The van der Waals surface area contributed by atoms with Gasteiger partial charge in [-0.15, -0.1) is 0 Å². The lowest BCUT2D eigenvalue weighted by atomic mass is 9.76. The van der Waals surface area contributed by atoms with Gasteiger partial charge in [0.25, 0.3) is 5.91 Å². The van der Waals surface area contributed by atoms with Gasteiger partial charge in [0.2, 0.25) is 0 Å². The Bertz CT molecular complexity index is 976. The van der Waals surface area contributed by atoms with Gasteiger partial charge in [-0.3, -0.25) is 4.79 Å². The van der Waals surface area contributed by atoms with Crippen molar-refractivity contribution >= 4 is 34.8 Å². The van der Waals surface area contributed by atoms with Gasteiger partial charge in [-0.05, 0) is 48.9 Å². The van der Waals surface area contributed by atoms with Gasteiger partial charge < -0.3 is 10.6 Å². The highest BCUT2D eigenvalue weighted by Crippen LogP contribution is 2.52. The minimum absolute atomic E-state index is 0.00989. The van der Waals surface area contributed by atoms with Gasteiger partial charge in [0, 0.05) is 27.6 Å². The SMILES string of the molecule is O=C(NC1CCCCC1)c1cccc2c1NC(c1c(Cl)cccc1Cl)C1CC=CC21. The maximum atomic E-state index is 13.2. The lowest BCUT2D eigenvalue weighted by molar-refractivity contribution is 0.0928. The molecule has 0 spiro atoms. The summed E-state index contributed by atoms with van der Waals surface area (Å²) in [6, 6.07) is 11.9. The van der Waals surface area contributed by atoms with E-state index in [0.29, 0.717) is 21.5 Å².